The molecule has 0 aromatic heterocycles. The van der Waals surface area contributed by atoms with Gasteiger partial charge in [-0.3, -0.25) is 0 Å². The van der Waals surface area contributed by atoms with Crippen molar-refractivity contribution in [2.24, 2.45) is 5.92 Å². The monoisotopic (exact) mass is 231 g/mol. The molecule has 2 unspecified atom stereocenters. The first kappa shape index (κ1) is 12.6. The Morgan fingerprint density at radius 3 is 2.59 bits per heavy atom. The molecule has 0 amide bonds. The summed E-state index contributed by atoms with van der Waals surface area (Å²) in [5.74, 6) is 1.61. The molecule has 2 atom stereocenters. The van der Waals surface area contributed by atoms with Gasteiger partial charge in [0.2, 0.25) is 0 Å². The van der Waals surface area contributed by atoms with Gasteiger partial charge in [0.25, 0.3) is 0 Å². The van der Waals surface area contributed by atoms with E-state index in [1.807, 2.05) is 0 Å². The smallest absolute Gasteiger partial charge is 0.0210 e. The van der Waals surface area contributed by atoms with Crippen molar-refractivity contribution in [3.8, 4) is 0 Å². The summed E-state index contributed by atoms with van der Waals surface area (Å²) in [5, 5.41) is 3.67. The average Bonchev–Trinajstić information content (AvgIpc) is 3.19. The predicted octanol–water partition coefficient (Wildman–Crippen LogP) is 4.09. The first-order valence-electron chi connectivity index (χ1n) is 7.03. The third-order valence-corrected chi connectivity index (χ3v) is 4.18. The van der Waals surface area contributed by atoms with Crippen molar-refractivity contribution in [1.82, 2.24) is 5.32 Å². The second-order valence-electron chi connectivity index (χ2n) is 5.53. The molecule has 0 bridgehead atoms. The average molecular weight is 231 g/mol. The van der Waals surface area contributed by atoms with E-state index in [-0.39, 0.29) is 0 Å². The van der Waals surface area contributed by atoms with E-state index in [1.165, 1.54) is 24.8 Å². The quantitative estimate of drug-likeness (QED) is 0.777. The van der Waals surface area contributed by atoms with Crippen LogP contribution < -0.4 is 5.32 Å². The van der Waals surface area contributed by atoms with Crippen molar-refractivity contribution in [2.45, 2.75) is 58.5 Å². The van der Waals surface area contributed by atoms with Crippen LogP contribution in [0.5, 0.6) is 0 Å². The second kappa shape index (κ2) is 5.68. The molecule has 1 heteroatoms. The molecule has 1 N–H and O–H groups in total. The Balaban J connectivity index is 1.94. The maximum Gasteiger partial charge on any atom is 0.0210 e. The van der Waals surface area contributed by atoms with Crippen molar-refractivity contribution in [3.05, 3.63) is 35.4 Å². The van der Waals surface area contributed by atoms with Crippen LogP contribution in [0.1, 0.15) is 57.1 Å². The van der Waals surface area contributed by atoms with Crippen molar-refractivity contribution in [2.75, 3.05) is 0 Å². The summed E-state index contributed by atoms with van der Waals surface area (Å²) < 4.78 is 0. The molecule has 1 nitrogen and oxygen atoms in total. The summed E-state index contributed by atoms with van der Waals surface area (Å²) in [6.07, 6.45) is 4.02. The Morgan fingerprint density at radius 1 is 1.24 bits per heavy atom. The molecule has 17 heavy (non-hydrogen) atoms. The van der Waals surface area contributed by atoms with Crippen molar-refractivity contribution in [1.29, 1.82) is 0 Å². The highest BCUT2D eigenvalue weighted by atomic mass is 14.9. The number of rotatable bonds is 6. The largest absolute Gasteiger partial charge is 0.310 e. The second-order valence-corrected chi connectivity index (χ2v) is 5.53. The van der Waals surface area contributed by atoms with Gasteiger partial charge in [0.05, 0.1) is 0 Å². The van der Waals surface area contributed by atoms with Gasteiger partial charge in [-0.2, -0.15) is 0 Å². The predicted molar refractivity (Wildman–Crippen MR) is 74.2 cm³/mol. The van der Waals surface area contributed by atoms with Crippen molar-refractivity contribution in [3.63, 3.8) is 0 Å². The van der Waals surface area contributed by atoms with E-state index in [0.717, 1.165) is 18.4 Å². The molecular weight excluding hydrogens is 206 g/mol. The van der Waals surface area contributed by atoms with E-state index in [4.69, 9.17) is 0 Å². The van der Waals surface area contributed by atoms with Crippen LogP contribution >= 0.6 is 0 Å². The molecule has 0 heterocycles. The standard InChI is InChI=1S/C16H25N/c1-4-12(2)13(3)17-11-15-7-5-6-8-16(15)14-9-10-14/h5-8,12-14,17H,4,9-11H2,1-3H3. The van der Waals surface area contributed by atoms with Crippen molar-refractivity contribution >= 4 is 0 Å². The maximum atomic E-state index is 3.67. The lowest BCUT2D eigenvalue weighted by Gasteiger charge is -2.20. The van der Waals surface area contributed by atoms with Gasteiger partial charge in [-0.25, -0.2) is 0 Å². The Bertz CT molecular complexity index is 354. The van der Waals surface area contributed by atoms with Crippen LogP contribution in [0, 0.1) is 5.92 Å². The van der Waals surface area contributed by atoms with Crippen LogP contribution in [-0.4, -0.2) is 6.04 Å². The van der Waals surface area contributed by atoms with Gasteiger partial charge in [0.15, 0.2) is 0 Å². The fourth-order valence-corrected chi connectivity index (χ4v) is 2.31. The van der Waals surface area contributed by atoms with E-state index in [0.29, 0.717) is 6.04 Å². The molecular formula is C16H25N. The fraction of sp³-hybridized carbons (Fsp3) is 0.625. The highest BCUT2D eigenvalue weighted by Crippen LogP contribution is 2.41. The molecule has 1 fully saturated rings. The highest BCUT2D eigenvalue weighted by molar-refractivity contribution is 5.33. The zero-order valence-corrected chi connectivity index (χ0v) is 11.4. The van der Waals surface area contributed by atoms with Gasteiger partial charge in [-0.05, 0) is 42.7 Å². The van der Waals surface area contributed by atoms with Gasteiger partial charge in [-0.1, -0.05) is 44.5 Å². The minimum atomic E-state index is 0.604. The maximum absolute atomic E-state index is 3.67. The number of benzene rings is 1. The van der Waals surface area contributed by atoms with E-state index >= 15 is 0 Å². The summed E-state index contributed by atoms with van der Waals surface area (Å²) in [6, 6.07) is 9.53. The zero-order valence-electron chi connectivity index (χ0n) is 11.4. The molecule has 0 saturated heterocycles. The van der Waals surface area contributed by atoms with Gasteiger partial charge in [-0.15, -0.1) is 0 Å². The highest BCUT2D eigenvalue weighted by Gasteiger charge is 2.25. The van der Waals surface area contributed by atoms with E-state index in [2.05, 4.69) is 50.4 Å². The Hall–Kier alpha value is -0.820. The molecule has 0 spiro atoms. The minimum Gasteiger partial charge on any atom is -0.310 e. The molecule has 1 aliphatic carbocycles. The van der Waals surface area contributed by atoms with Gasteiger partial charge >= 0.3 is 0 Å². The SMILES string of the molecule is CCC(C)C(C)NCc1ccccc1C1CC1. The lowest BCUT2D eigenvalue weighted by molar-refractivity contribution is 0.389. The van der Waals surface area contributed by atoms with Crippen LogP contribution in [0.15, 0.2) is 24.3 Å². The van der Waals surface area contributed by atoms with Gasteiger partial charge in [0, 0.05) is 12.6 Å². The van der Waals surface area contributed by atoms with Gasteiger partial charge in [0.1, 0.15) is 0 Å². The summed E-state index contributed by atoms with van der Waals surface area (Å²) in [4.78, 5) is 0. The number of hydrogen-bond donors (Lipinski definition) is 1. The molecule has 0 aliphatic heterocycles. The third kappa shape index (κ3) is 3.32. The van der Waals surface area contributed by atoms with E-state index < -0.39 is 0 Å². The Labute approximate surface area is 106 Å². The van der Waals surface area contributed by atoms with E-state index in [1.54, 1.807) is 5.56 Å². The molecule has 94 valence electrons. The lowest BCUT2D eigenvalue weighted by Crippen LogP contribution is -2.31. The topological polar surface area (TPSA) is 12.0 Å². The molecule has 1 aliphatic rings. The number of nitrogens with one attached hydrogen (secondary N) is 1. The van der Waals surface area contributed by atoms with Crippen LogP contribution in [0.3, 0.4) is 0 Å². The van der Waals surface area contributed by atoms with Crippen LogP contribution in [-0.2, 0) is 6.54 Å². The first-order chi connectivity index (χ1) is 8.22. The molecule has 0 radical (unpaired) electrons. The molecule has 2 rings (SSSR count). The zero-order chi connectivity index (χ0) is 12.3. The van der Waals surface area contributed by atoms with Crippen molar-refractivity contribution < 1.29 is 0 Å². The normalized spacial score (nSPS) is 19.0. The number of hydrogen-bond acceptors (Lipinski definition) is 1. The van der Waals surface area contributed by atoms with Gasteiger partial charge < -0.3 is 5.32 Å². The molecule has 1 aromatic carbocycles. The summed E-state index contributed by atoms with van der Waals surface area (Å²) >= 11 is 0. The third-order valence-electron chi connectivity index (χ3n) is 4.18. The van der Waals surface area contributed by atoms with Crippen LogP contribution in [0.25, 0.3) is 0 Å². The summed E-state index contributed by atoms with van der Waals surface area (Å²) in [5.41, 5.74) is 3.08. The van der Waals surface area contributed by atoms with E-state index in [9.17, 15) is 0 Å². The van der Waals surface area contributed by atoms with Crippen LogP contribution in [0.4, 0.5) is 0 Å². The molecule has 1 aromatic rings. The van der Waals surface area contributed by atoms with Crippen LogP contribution in [0.2, 0.25) is 0 Å². The lowest BCUT2D eigenvalue weighted by atomic mass is 9.99. The Kier molecular flexibility index (Phi) is 4.22. The summed E-state index contributed by atoms with van der Waals surface area (Å²) in [6.45, 7) is 7.91. The first-order valence-corrected chi connectivity index (χ1v) is 7.03. The Morgan fingerprint density at radius 2 is 1.94 bits per heavy atom. The molecule has 1 saturated carbocycles. The minimum absolute atomic E-state index is 0.604. The summed E-state index contributed by atoms with van der Waals surface area (Å²) in [7, 11) is 0. The fourth-order valence-electron chi connectivity index (χ4n) is 2.31.